The first-order valence-electron chi connectivity index (χ1n) is 7.00. The van der Waals surface area contributed by atoms with Crippen molar-refractivity contribution in [2.45, 2.75) is 44.4 Å². The van der Waals surface area contributed by atoms with Crippen LogP contribution in [0.25, 0.3) is 0 Å². The fraction of sp³-hybridized carbons (Fsp3) is 0.667. The predicted molar refractivity (Wildman–Crippen MR) is 76.8 cm³/mol. The number of aromatic nitrogens is 1. The van der Waals surface area contributed by atoms with Crippen LogP contribution in [0.2, 0.25) is 0 Å². The molecule has 1 aliphatic rings. The largest absolute Gasteiger partial charge is 0.377 e. The van der Waals surface area contributed by atoms with E-state index in [0.29, 0.717) is 0 Å². The number of nitrogens with zero attached hydrogens (tertiary/aromatic N) is 2. The van der Waals surface area contributed by atoms with E-state index in [1.807, 2.05) is 12.3 Å². The fourth-order valence-electron chi connectivity index (χ4n) is 3.05. The quantitative estimate of drug-likeness (QED) is 0.902. The molecule has 19 heavy (non-hydrogen) atoms. The summed E-state index contributed by atoms with van der Waals surface area (Å²) in [4.78, 5) is 6.67. The summed E-state index contributed by atoms with van der Waals surface area (Å²) in [6.07, 6.45) is 5.98. The average molecular weight is 263 g/mol. The molecule has 2 heterocycles. The summed E-state index contributed by atoms with van der Waals surface area (Å²) >= 11 is 0. The Morgan fingerprint density at radius 3 is 2.89 bits per heavy atom. The van der Waals surface area contributed by atoms with Gasteiger partial charge in [0.2, 0.25) is 0 Å². The first-order valence-corrected chi connectivity index (χ1v) is 7.00. The molecule has 4 nitrogen and oxygen atoms in total. The standard InChI is InChI=1S/C15H25N3O/c1-12(16)14(13-6-4-8-17-10-13)18-9-5-7-15(2,11-18)19-3/h4,6,8,10,12,14H,5,7,9,11,16H2,1-3H3. The molecule has 2 rings (SSSR count). The topological polar surface area (TPSA) is 51.4 Å². The number of ether oxygens (including phenoxy) is 1. The molecule has 0 aliphatic carbocycles. The Hall–Kier alpha value is -0.970. The first kappa shape index (κ1) is 14.4. The lowest BCUT2D eigenvalue weighted by atomic mass is 9.90. The van der Waals surface area contributed by atoms with E-state index in [1.54, 1.807) is 13.3 Å². The van der Waals surface area contributed by atoms with E-state index in [0.717, 1.165) is 25.9 Å². The molecule has 0 saturated carbocycles. The zero-order chi connectivity index (χ0) is 13.9. The van der Waals surface area contributed by atoms with Gasteiger partial charge in [0.1, 0.15) is 0 Å². The van der Waals surface area contributed by atoms with Crippen molar-refractivity contribution >= 4 is 0 Å². The lowest BCUT2D eigenvalue weighted by Crippen LogP contribution is -2.51. The Kier molecular flexibility index (Phi) is 4.55. The Labute approximate surface area is 116 Å². The third kappa shape index (κ3) is 3.32. The number of nitrogens with two attached hydrogens (primary N) is 1. The second-order valence-electron chi connectivity index (χ2n) is 5.82. The third-order valence-corrected chi connectivity index (χ3v) is 4.10. The van der Waals surface area contributed by atoms with Crippen LogP contribution in [0.3, 0.4) is 0 Å². The summed E-state index contributed by atoms with van der Waals surface area (Å²) in [5.74, 6) is 0. The van der Waals surface area contributed by atoms with E-state index in [-0.39, 0.29) is 17.7 Å². The van der Waals surface area contributed by atoms with Crippen LogP contribution in [0.5, 0.6) is 0 Å². The zero-order valence-corrected chi connectivity index (χ0v) is 12.2. The van der Waals surface area contributed by atoms with E-state index in [1.165, 1.54) is 5.56 Å². The van der Waals surface area contributed by atoms with Gasteiger partial charge in [-0.25, -0.2) is 0 Å². The molecule has 0 bridgehead atoms. The normalized spacial score (nSPS) is 28.0. The average Bonchev–Trinajstić information content (AvgIpc) is 2.40. The molecule has 0 aromatic carbocycles. The van der Waals surface area contributed by atoms with Crippen LogP contribution in [0, 0.1) is 0 Å². The van der Waals surface area contributed by atoms with Crippen molar-refractivity contribution in [1.29, 1.82) is 0 Å². The number of methoxy groups -OCH3 is 1. The summed E-state index contributed by atoms with van der Waals surface area (Å²) in [7, 11) is 1.80. The number of rotatable bonds is 4. The third-order valence-electron chi connectivity index (χ3n) is 4.10. The van der Waals surface area contributed by atoms with Crippen LogP contribution in [-0.2, 0) is 4.74 Å². The Morgan fingerprint density at radius 1 is 1.53 bits per heavy atom. The highest BCUT2D eigenvalue weighted by Crippen LogP contribution is 2.31. The van der Waals surface area contributed by atoms with Crippen molar-refractivity contribution in [3.8, 4) is 0 Å². The molecule has 1 aliphatic heterocycles. The van der Waals surface area contributed by atoms with E-state index in [9.17, 15) is 0 Å². The molecule has 4 heteroatoms. The molecule has 3 unspecified atom stereocenters. The van der Waals surface area contributed by atoms with Crippen LogP contribution in [-0.4, -0.2) is 41.7 Å². The fourth-order valence-corrected chi connectivity index (χ4v) is 3.05. The minimum atomic E-state index is -0.0619. The van der Waals surface area contributed by atoms with E-state index < -0.39 is 0 Å². The van der Waals surface area contributed by atoms with Crippen LogP contribution in [0.4, 0.5) is 0 Å². The summed E-state index contributed by atoms with van der Waals surface area (Å²) < 4.78 is 5.68. The molecule has 106 valence electrons. The second kappa shape index (κ2) is 5.99. The number of hydrogen-bond donors (Lipinski definition) is 1. The molecule has 0 spiro atoms. The van der Waals surface area contributed by atoms with Gasteiger partial charge in [-0.2, -0.15) is 0 Å². The van der Waals surface area contributed by atoms with Crippen LogP contribution in [0.1, 0.15) is 38.3 Å². The second-order valence-corrected chi connectivity index (χ2v) is 5.82. The molecule has 0 amide bonds. The van der Waals surface area contributed by atoms with Gasteiger partial charge in [-0.1, -0.05) is 6.07 Å². The van der Waals surface area contributed by atoms with Gasteiger partial charge in [-0.3, -0.25) is 9.88 Å². The number of piperidine rings is 1. The number of pyridine rings is 1. The highest BCUT2D eigenvalue weighted by molar-refractivity contribution is 5.16. The van der Waals surface area contributed by atoms with Crippen molar-refractivity contribution in [3.63, 3.8) is 0 Å². The highest BCUT2D eigenvalue weighted by atomic mass is 16.5. The van der Waals surface area contributed by atoms with Crippen LogP contribution >= 0.6 is 0 Å². The molecular formula is C15H25N3O. The van der Waals surface area contributed by atoms with E-state index >= 15 is 0 Å². The van der Waals surface area contributed by atoms with Crippen LogP contribution < -0.4 is 5.73 Å². The SMILES string of the molecule is COC1(C)CCCN(C(c2cccnc2)C(C)N)C1. The molecule has 1 fully saturated rings. The van der Waals surface area contributed by atoms with Gasteiger partial charge in [0.05, 0.1) is 11.6 Å². The predicted octanol–water partition coefficient (Wildman–Crippen LogP) is 1.97. The van der Waals surface area contributed by atoms with Crippen molar-refractivity contribution in [2.75, 3.05) is 20.2 Å². The van der Waals surface area contributed by atoms with Gasteiger partial charge in [-0.15, -0.1) is 0 Å². The van der Waals surface area contributed by atoms with Gasteiger partial charge in [-0.05, 0) is 44.9 Å². The van der Waals surface area contributed by atoms with Crippen molar-refractivity contribution < 1.29 is 4.74 Å². The van der Waals surface area contributed by atoms with Gasteiger partial charge < -0.3 is 10.5 Å². The summed E-state index contributed by atoms with van der Waals surface area (Å²) in [5.41, 5.74) is 7.35. The minimum Gasteiger partial charge on any atom is -0.377 e. The Bertz CT molecular complexity index is 396. The highest BCUT2D eigenvalue weighted by Gasteiger charge is 2.35. The molecule has 1 saturated heterocycles. The molecular weight excluding hydrogens is 238 g/mol. The van der Waals surface area contributed by atoms with Crippen molar-refractivity contribution in [2.24, 2.45) is 5.73 Å². The summed E-state index contributed by atoms with van der Waals surface area (Å²) in [5, 5.41) is 0. The maximum Gasteiger partial charge on any atom is 0.0777 e. The molecule has 3 atom stereocenters. The van der Waals surface area contributed by atoms with Gasteiger partial charge >= 0.3 is 0 Å². The maximum absolute atomic E-state index is 6.22. The lowest BCUT2D eigenvalue weighted by Gasteiger charge is -2.44. The Balaban J connectivity index is 2.20. The van der Waals surface area contributed by atoms with Crippen LogP contribution in [0.15, 0.2) is 24.5 Å². The molecule has 2 N–H and O–H groups in total. The van der Waals surface area contributed by atoms with Gasteiger partial charge in [0.15, 0.2) is 0 Å². The summed E-state index contributed by atoms with van der Waals surface area (Å²) in [6, 6.07) is 4.37. The smallest absolute Gasteiger partial charge is 0.0777 e. The number of hydrogen-bond acceptors (Lipinski definition) is 4. The van der Waals surface area contributed by atoms with Gasteiger partial charge in [0.25, 0.3) is 0 Å². The van der Waals surface area contributed by atoms with E-state index in [2.05, 4.69) is 29.8 Å². The zero-order valence-electron chi connectivity index (χ0n) is 12.2. The number of likely N-dealkylation sites (tertiary alicyclic amines) is 1. The van der Waals surface area contributed by atoms with Crippen molar-refractivity contribution in [1.82, 2.24) is 9.88 Å². The Morgan fingerprint density at radius 2 is 2.32 bits per heavy atom. The van der Waals surface area contributed by atoms with E-state index in [4.69, 9.17) is 10.5 Å². The minimum absolute atomic E-state index is 0.0619. The molecule has 0 radical (unpaired) electrons. The summed E-state index contributed by atoms with van der Waals surface area (Å²) in [6.45, 7) is 6.24. The maximum atomic E-state index is 6.22. The molecule has 1 aromatic heterocycles. The van der Waals surface area contributed by atoms with Crippen molar-refractivity contribution in [3.05, 3.63) is 30.1 Å². The first-order chi connectivity index (χ1) is 9.06. The molecule has 1 aromatic rings. The monoisotopic (exact) mass is 263 g/mol. The lowest BCUT2D eigenvalue weighted by molar-refractivity contribution is -0.0637. The van der Waals surface area contributed by atoms with Gasteiger partial charge in [0, 0.05) is 32.1 Å².